The van der Waals surface area contributed by atoms with E-state index in [0.717, 1.165) is 18.8 Å². The van der Waals surface area contributed by atoms with Crippen LogP contribution in [-0.4, -0.2) is 24.6 Å². The lowest BCUT2D eigenvalue weighted by molar-refractivity contribution is 0.628. The van der Waals surface area contributed by atoms with Gasteiger partial charge in [-0.3, -0.25) is 0 Å². The molecule has 3 nitrogen and oxygen atoms in total. The lowest BCUT2D eigenvalue weighted by atomic mass is 10.2. The fourth-order valence-corrected chi connectivity index (χ4v) is 1.49. The van der Waals surface area contributed by atoms with E-state index in [-0.39, 0.29) is 0 Å². The molecule has 0 bridgehead atoms. The molecule has 0 fully saturated rings. The van der Waals surface area contributed by atoms with E-state index in [2.05, 4.69) is 36.8 Å². The Morgan fingerprint density at radius 2 is 2.29 bits per heavy atom. The standard InChI is InChI=1S/C11H19N3/c1-9-5-4-8-13-11(9)14(3)10(2)6-7-12/h4-5,8,10H,6-7,12H2,1-3H3. The highest BCUT2D eigenvalue weighted by Gasteiger charge is 2.11. The van der Waals surface area contributed by atoms with Crippen LogP contribution < -0.4 is 10.6 Å². The number of rotatable bonds is 4. The van der Waals surface area contributed by atoms with Gasteiger partial charge in [-0.05, 0) is 38.4 Å². The van der Waals surface area contributed by atoms with Gasteiger partial charge in [0.25, 0.3) is 0 Å². The van der Waals surface area contributed by atoms with E-state index >= 15 is 0 Å². The molecule has 1 unspecified atom stereocenters. The largest absolute Gasteiger partial charge is 0.357 e. The first kappa shape index (κ1) is 11.0. The van der Waals surface area contributed by atoms with Crippen LogP contribution >= 0.6 is 0 Å². The average molecular weight is 193 g/mol. The lowest BCUT2D eigenvalue weighted by Crippen LogP contribution is -2.31. The van der Waals surface area contributed by atoms with Crippen LogP contribution in [0.4, 0.5) is 5.82 Å². The van der Waals surface area contributed by atoms with E-state index in [1.54, 1.807) is 0 Å². The minimum atomic E-state index is 0.439. The molecule has 1 aromatic rings. The van der Waals surface area contributed by atoms with Gasteiger partial charge in [-0.25, -0.2) is 4.98 Å². The fraction of sp³-hybridized carbons (Fsp3) is 0.545. The van der Waals surface area contributed by atoms with Crippen LogP contribution in [0.2, 0.25) is 0 Å². The zero-order valence-corrected chi connectivity index (χ0v) is 9.20. The second-order valence-electron chi connectivity index (χ2n) is 3.68. The Kier molecular flexibility index (Phi) is 3.89. The Morgan fingerprint density at radius 3 is 2.86 bits per heavy atom. The number of aryl methyl sites for hydroxylation is 1. The number of nitrogens with two attached hydrogens (primary N) is 1. The highest BCUT2D eigenvalue weighted by atomic mass is 15.2. The van der Waals surface area contributed by atoms with Gasteiger partial charge in [0.05, 0.1) is 0 Å². The zero-order chi connectivity index (χ0) is 10.6. The SMILES string of the molecule is Cc1cccnc1N(C)C(C)CCN. The molecule has 0 saturated carbocycles. The maximum atomic E-state index is 5.54. The quantitative estimate of drug-likeness (QED) is 0.789. The molecule has 2 N–H and O–H groups in total. The molecule has 14 heavy (non-hydrogen) atoms. The van der Waals surface area contributed by atoms with Gasteiger partial charge in [0.2, 0.25) is 0 Å². The normalized spacial score (nSPS) is 12.6. The summed E-state index contributed by atoms with van der Waals surface area (Å²) in [6.07, 6.45) is 2.82. The Labute approximate surface area is 85.9 Å². The summed E-state index contributed by atoms with van der Waals surface area (Å²) in [6, 6.07) is 4.47. The molecule has 3 heteroatoms. The van der Waals surface area contributed by atoms with Crippen molar-refractivity contribution in [2.75, 3.05) is 18.5 Å². The number of hydrogen-bond acceptors (Lipinski definition) is 3. The maximum Gasteiger partial charge on any atom is 0.131 e. The number of nitrogens with zero attached hydrogens (tertiary/aromatic N) is 2. The number of aromatic nitrogens is 1. The third kappa shape index (κ3) is 2.45. The summed E-state index contributed by atoms with van der Waals surface area (Å²) in [4.78, 5) is 6.55. The minimum Gasteiger partial charge on any atom is -0.357 e. The van der Waals surface area contributed by atoms with Gasteiger partial charge in [0.1, 0.15) is 5.82 Å². The van der Waals surface area contributed by atoms with Crippen LogP contribution in [0.15, 0.2) is 18.3 Å². The molecule has 1 atom stereocenters. The second kappa shape index (κ2) is 4.96. The van der Waals surface area contributed by atoms with Crippen molar-refractivity contribution in [3.05, 3.63) is 23.9 Å². The minimum absolute atomic E-state index is 0.439. The molecule has 1 aromatic heterocycles. The predicted octanol–water partition coefficient (Wildman–Crippen LogP) is 1.56. The third-order valence-electron chi connectivity index (χ3n) is 2.56. The molecule has 0 aromatic carbocycles. The summed E-state index contributed by atoms with van der Waals surface area (Å²) >= 11 is 0. The maximum absolute atomic E-state index is 5.54. The van der Waals surface area contributed by atoms with E-state index in [4.69, 9.17) is 5.73 Å². The molecule has 1 heterocycles. The summed E-state index contributed by atoms with van der Waals surface area (Å²) in [6.45, 7) is 4.96. The first-order valence-corrected chi connectivity index (χ1v) is 5.01. The molecular weight excluding hydrogens is 174 g/mol. The predicted molar refractivity (Wildman–Crippen MR) is 60.5 cm³/mol. The highest BCUT2D eigenvalue weighted by molar-refractivity contribution is 5.45. The monoisotopic (exact) mass is 193 g/mol. The molecule has 0 radical (unpaired) electrons. The molecule has 78 valence electrons. The van der Waals surface area contributed by atoms with Gasteiger partial charge >= 0.3 is 0 Å². The first-order chi connectivity index (χ1) is 6.66. The van der Waals surface area contributed by atoms with Gasteiger partial charge < -0.3 is 10.6 Å². The Balaban J connectivity index is 2.78. The fourth-order valence-electron chi connectivity index (χ4n) is 1.49. The van der Waals surface area contributed by atoms with Crippen LogP contribution in [-0.2, 0) is 0 Å². The topological polar surface area (TPSA) is 42.2 Å². The molecule has 0 aliphatic carbocycles. The van der Waals surface area contributed by atoms with Crippen molar-refractivity contribution in [3.63, 3.8) is 0 Å². The van der Waals surface area contributed by atoms with Crippen molar-refractivity contribution in [2.24, 2.45) is 5.73 Å². The van der Waals surface area contributed by atoms with E-state index in [1.807, 2.05) is 12.3 Å². The summed E-state index contributed by atoms with van der Waals surface area (Å²) in [5.74, 6) is 1.05. The number of hydrogen-bond donors (Lipinski definition) is 1. The van der Waals surface area contributed by atoms with Crippen molar-refractivity contribution in [1.82, 2.24) is 4.98 Å². The van der Waals surface area contributed by atoms with Crippen LogP contribution in [0.25, 0.3) is 0 Å². The smallest absolute Gasteiger partial charge is 0.131 e. The summed E-state index contributed by atoms with van der Waals surface area (Å²) in [5, 5.41) is 0. The van der Waals surface area contributed by atoms with Crippen molar-refractivity contribution in [3.8, 4) is 0 Å². The zero-order valence-electron chi connectivity index (χ0n) is 9.20. The van der Waals surface area contributed by atoms with E-state index in [1.165, 1.54) is 5.56 Å². The lowest BCUT2D eigenvalue weighted by Gasteiger charge is -2.26. The van der Waals surface area contributed by atoms with E-state index < -0.39 is 0 Å². The average Bonchev–Trinajstić information content (AvgIpc) is 2.18. The molecule has 0 aliphatic heterocycles. The third-order valence-corrected chi connectivity index (χ3v) is 2.56. The van der Waals surface area contributed by atoms with Gasteiger partial charge in [-0.2, -0.15) is 0 Å². The van der Waals surface area contributed by atoms with Crippen LogP contribution in [0, 0.1) is 6.92 Å². The molecule has 0 saturated heterocycles. The number of pyridine rings is 1. The van der Waals surface area contributed by atoms with Gasteiger partial charge in [-0.15, -0.1) is 0 Å². The van der Waals surface area contributed by atoms with Gasteiger partial charge in [0, 0.05) is 19.3 Å². The number of anilines is 1. The van der Waals surface area contributed by atoms with E-state index in [9.17, 15) is 0 Å². The van der Waals surface area contributed by atoms with Gasteiger partial charge in [0.15, 0.2) is 0 Å². The molecular formula is C11H19N3. The molecule has 0 aliphatic rings. The van der Waals surface area contributed by atoms with Crippen LogP contribution in [0.5, 0.6) is 0 Å². The summed E-state index contributed by atoms with van der Waals surface area (Å²) < 4.78 is 0. The van der Waals surface area contributed by atoms with Crippen molar-refractivity contribution in [1.29, 1.82) is 0 Å². The van der Waals surface area contributed by atoms with Crippen molar-refractivity contribution in [2.45, 2.75) is 26.3 Å². The molecule has 1 rings (SSSR count). The summed E-state index contributed by atoms with van der Waals surface area (Å²) in [7, 11) is 2.07. The molecule has 0 spiro atoms. The van der Waals surface area contributed by atoms with Crippen LogP contribution in [0.3, 0.4) is 0 Å². The Morgan fingerprint density at radius 1 is 1.57 bits per heavy atom. The van der Waals surface area contributed by atoms with Crippen LogP contribution in [0.1, 0.15) is 18.9 Å². The first-order valence-electron chi connectivity index (χ1n) is 5.01. The Bertz CT molecular complexity index is 286. The van der Waals surface area contributed by atoms with Gasteiger partial charge in [-0.1, -0.05) is 6.07 Å². The summed E-state index contributed by atoms with van der Waals surface area (Å²) in [5.41, 5.74) is 6.74. The van der Waals surface area contributed by atoms with Crippen molar-refractivity contribution < 1.29 is 0 Å². The van der Waals surface area contributed by atoms with E-state index in [0.29, 0.717) is 6.04 Å². The Hall–Kier alpha value is -1.09. The molecule has 0 amide bonds. The second-order valence-corrected chi connectivity index (χ2v) is 3.68. The highest BCUT2D eigenvalue weighted by Crippen LogP contribution is 2.17. The van der Waals surface area contributed by atoms with Crippen molar-refractivity contribution >= 4 is 5.82 Å².